The molecule has 2 rings (SSSR count). The fraction of sp³-hybridized carbons (Fsp3) is 0. The van der Waals surface area contributed by atoms with Crippen LogP contribution in [0.1, 0.15) is 0 Å². The minimum Gasteiger partial charge on any atom is -0.361 e. The lowest BCUT2D eigenvalue weighted by atomic mass is 10.3. The Morgan fingerprint density at radius 2 is 1.92 bits per heavy atom. The lowest BCUT2D eigenvalue weighted by molar-refractivity contribution is 0.616. The van der Waals surface area contributed by atoms with Gasteiger partial charge in [-0.2, -0.15) is 0 Å². The molecule has 70 valence electrons. The van der Waals surface area contributed by atoms with Crippen LogP contribution < -0.4 is 5.14 Å². The second-order valence-corrected chi connectivity index (χ2v) is 2.85. The number of hydrogen-bond donors (Lipinski definition) is 3. The van der Waals surface area contributed by atoms with Gasteiger partial charge in [0.25, 0.3) is 0 Å². The number of aromatic amines is 1. The maximum Gasteiger partial charge on any atom is 0.198 e. The average Bonchev–Trinajstić information content (AvgIpc) is 2.47. The standard InChI is InChI=1S/C8H7N.H3NO2S/c1-2-4-8-7(3-1)5-6-9-8;1-4(2)3/h1-6,9H;4H,(H2,1,2,3)/i;4D. The predicted molar refractivity (Wildman–Crippen MR) is 52.8 cm³/mol. The number of para-hydroxylation sites is 1. The van der Waals surface area contributed by atoms with Crippen LogP contribution in [0.2, 0.25) is 0 Å². The van der Waals surface area contributed by atoms with Crippen LogP contribution in [-0.2, 0) is 10.8 Å². The summed E-state index contributed by atoms with van der Waals surface area (Å²) in [7, 11) is -3.92. The molecular weight excluding hydrogens is 188 g/mol. The number of aromatic nitrogens is 1. The van der Waals surface area contributed by atoms with E-state index >= 15 is 0 Å². The van der Waals surface area contributed by atoms with Crippen LogP contribution in [0.25, 0.3) is 10.9 Å². The predicted octanol–water partition coefficient (Wildman–Crippen LogP) is 0.639. The van der Waals surface area contributed by atoms with E-state index < -0.39 is 10.8 Å². The summed E-state index contributed by atoms with van der Waals surface area (Å²) in [4.78, 5) is 3.12. The van der Waals surface area contributed by atoms with E-state index in [9.17, 15) is 0 Å². The van der Waals surface area contributed by atoms with Crippen LogP contribution in [-0.4, -0.2) is 14.5 Å². The maximum absolute atomic E-state index is 9.08. The molecule has 0 fully saturated rings. The Balaban J connectivity index is 0.000000171. The van der Waals surface area contributed by atoms with Gasteiger partial charge in [0.05, 0.1) is 0 Å². The molecular formula is C8H10N2O2S. The first-order valence-electron chi connectivity index (χ1n) is 3.97. The molecule has 1 aromatic heterocycles. The highest BCUT2D eigenvalue weighted by atomic mass is 32.2. The van der Waals surface area contributed by atoms with Crippen molar-refractivity contribution in [3.05, 3.63) is 36.5 Å². The smallest absolute Gasteiger partial charge is 0.198 e. The van der Waals surface area contributed by atoms with E-state index in [1.54, 1.807) is 0 Å². The van der Waals surface area contributed by atoms with Gasteiger partial charge < -0.3 is 4.98 Å². The molecule has 2 aromatic rings. The van der Waals surface area contributed by atoms with Gasteiger partial charge in [-0.15, -0.1) is 0 Å². The first-order chi connectivity index (χ1) is 6.47. The van der Waals surface area contributed by atoms with Gasteiger partial charge in [0.15, 0.2) is 11.9 Å². The molecule has 0 atom stereocenters. The molecule has 0 saturated carbocycles. The molecule has 0 radical (unpaired) electrons. The molecule has 0 aliphatic rings. The third kappa shape index (κ3) is 3.27. The highest BCUT2D eigenvalue weighted by Gasteiger charge is 1.86. The number of thiol groups is 1. The summed E-state index contributed by atoms with van der Waals surface area (Å²) >= 11 is 0. The number of nitrogens with two attached hydrogens (primary N) is 1. The van der Waals surface area contributed by atoms with E-state index in [1.807, 2.05) is 18.3 Å². The minimum absolute atomic E-state index is 1.21. The zero-order valence-electron chi connectivity index (χ0n) is 7.77. The molecule has 13 heavy (non-hydrogen) atoms. The summed E-state index contributed by atoms with van der Waals surface area (Å²) in [5.41, 5.74) is 1.21. The summed E-state index contributed by atoms with van der Waals surface area (Å²) < 4.78 is 23.8. The fourth-order valence-corrected chi connectivity index (χ4v) is 0.995. The Hall–Kier alpha value is -1.33. The number of hydrogen-bond acceptors (Lipinski definition) is 2. The van der Waals surface area contributed by atoms with Gasteiger partial charge >= 0.3 is 0 Å². The quantitative estimate of drug-likeness (QED) is 0.544. The number of benzene rings is 1. The third-order valence-corrected chi connectivity index (χ3v) is 1.46. The molecule has 0 unspecified atom stereocenters. The van der Waals surface area contributed by atoms with Crippen LogP contribution in [0.15, 0.2) is 36.5 Å². The van der Waals surface area contributed by atoms with E-state index in [4.69, 9.17) is 9.54 Å². The van der Waals surface area contributed by atoms with Gasteiger partial charge in [-0.25, -0.2) is 13.6 Å². The van der Waals surface area contributed by atoms with Gasteiger partial charge in [-0.1, -0.05) is 18.2 Å². The second-order valence-electron chi connectivity index (χ2n) is 2.33. The Kier molecular flexibility index (Phi) is 2.95. The number of H-pyrrole nitrogens is 1. The highest BCUT2D eigenvalue weighted by molar-refractivity contribution is 7.69. The number of nitrogens with one attached hydrogen (secondary N) is 1. The van der Waals surface area contributed by atoms with Crippen LogP contribution in [0.4, 0.5) is 0 Å². The third-order valence-electron chi connectivity index (χ3n) is 1.46. The molecule has 0 bridgehead atoms. The van der Waals surface area contributed by atoms with Crippen LogP contribution in [0, 0.1) is 0 Å². The Morgan fingerprint density at radius 1 is 1.31 bits per heavy atom. The largest absolute Gasteiger partial charge is 0.361 e. The molecule has 0 saturated heterocycles. The van der Waals surface area contributed by atoms with E-state index in [0.29, 0.717) is 0 Å². The van der Waals surface area contributed by atoms with Crippen molar-refractivity contribution in [1.82, 2.24) is 4.98 Å². The second kappa shape index (κ2) is 4.64. The first-order valence-corrected chi connectivity index (χ1v) is 4.70. The van der Waals surface area contributed by atoms with Crippen molar-refractivity contribution in [2.45, 2.75) is 0 Å². The van der Waals surface area contributed by atoms with Crippen molar-refractivity contribution in [3.8, 4) is 0 Å². The van der Waals surface area contributed by atoms with Crippen molar-refractivity contribution >= 4 is 21.7 Å². The Bertz CT molecular complexity index is 469. The molecule has 3 N–H and O–H groups in total. The number of fused-ring (bicyclic) bond motifs is 1. The van der Waals surface area contributed by atoms with E-state index in [1.165, 1.54) is 10.9 Å². The van der Waals surface area contributed by atoms with E-state index in [0.717, 1.165) is 0 Å². The molecule has 0 aliphatic carbocycles. The normalized spacial score (nSPS) is 11.6. The van der Waals surface area contributed by atoms with Crippen LogP contribution in [0.5, 0.6) is 0 Å². The van der Waals surface area contributed by atoms with E-state index in [-0.39, 0.29) is 0 Å². The monoisotopic (exact) mass is 199 g/mol. The van der Waals surface area contributed by atoms with Crippen molar-refractivity contribution in [2.75, 3.05) is 0 Å². The van der Waals surface area contributed by atoms with E-state index in [2.05, 4.69) is 28.3 Å². The lowest BCUT2D eigenvalue weighted by Gasteiger charge is -1.83. The lowest BCUT2D eigenvalue weighted by Crippen LogP contribution is -1.85. The average molecular weight is 199 g/mol. The number of rotatable bonds is 0. The van der Waals surface area contributed by atoms with Crippen molar-refractivity contribution in [1.29, 1.82) is 1.12 Å². The summed E-state index contributed by atoms with van der Waals surface area (Å²) in [5, 5.41) is 5.27. The van der Waals surface area contributed by atoms with Crippen LogP contribution in [0.3, 0.4) is 0 Å². The summed E-state index contributed by atoms with van der Waals surface area (Å²) in [5.74, 6) is 0. The molecule has 0 amide bonds. The van der Waals surface area contributed by atoms with Crippen molar-refractivity contribution in [2.24, 2.45) is 5.14 Å². The maximum atomic E-state index is 9.08. The molecule has 4 nitrogen and oxygen atoms in total. The van der Waals surface area contributed by atoms with Crippen molar-refractivity contribution < 1.29 is 8.42 Å². The topological polar surface area (TPSA) is 76.0 Å². The summed E-state index contributed by atoms with van der Waals surface area (Å²) in [6, 6.07) is 10.3. The summed E-state index contributed by atoms with van der Waals surface area (Å²) in [6.07, 6.45) is 1.95. The molecule has 1 heterocycles. The minimum atomic E-state index is -3.92. The van der Waals surface area contributed by atoms with Crippen LogP contribution >= 0.6 is 0 Å². The van der Waals surface area contributed by atoms with Gasteiger partial charge in [-0.05, 0) is 17.5 Å². The van der Waals surface area contributed by atoms with Gasteiger partial charge in [0, 0.05) is 11.7 Å². The Morgan fingerprint density at radius 3 is 2.54 bits per heavy atom. The zero-order chi connectivity index (χ0) is 10.6. The van der Waals surface area contributed by atoms with Gasteiger partial charge in [0.1, 0.15) is 0 Å². The Labute approximate surface area is 78.5 Å². The van der Waals surface area contributed by atoms with Gasteiger partial charge in [-0.3, -0.25) is 0 Å². The first kappa shape index (κ1) is 8.28. The summed E-state index contributed by atoms with van der Waals surface area (Å²) in [6.45, 7) is 0. The molecule has 0 aliphatic heterocycles. The van der Waals surface area contributed by atoms with Gasteiger partial charge in [0.2, 0.25) is 0 Å². The zero-order valence-corrected chi connectivity index (χ0v) is 7.58. The molecule has 1 aromatic carbocycles. The SMILES string of the molecule is [2H]S(N)(=O)=O.c1ccc2[nH]ccc2c1. The molecule has 0 spiro atoms. The fourth-order valence-electron chi connectivity index (χ4n) is 0.995. The molecule has 5 heteroatoms. The van der Waals surface area contributed by atoms with Crippen molar-refractivity contribution in [3.63, 3.8) is 0 Å². The highest BCUT2D eigenvalue weighted by Crippen LogP contribution is 2.09.